The van der Waals surface area contributed by atoms with Crippen molar-refractivity contribution < 1.29 is 4.52 Å². The van der Waals surface area contributed by atoms with Crippen LogP contribution in [0.25, 0.3) is 11.5 Å². The Morgan fingerprint density at radius 1 is 1.35 bits per heavy atom. The van der Waals surface area contributed by atoms with E-state index in [4.69, 9.17) is 4.52 Å². The van der Waals surface area contributed by atoms with Crippen molar-refractivity contribution >= 4 is 0 Å². The average Bonchev–Trinajstić information content (AvgIpc) is 2.98. The van der Waals surface area contributed by atoms with Gasteiger partial charge in [0, 0.05) is 12.2 Å². The highest BCUT2D eigenvalue weighted by Crippen LogP contribution is 2.34. The van der Waals surface area contributed by atoms with E-state index >= 15 is 0 Å². The van der Waals surface area contributed by atoms with E-state index in [1.165, 1.54) is 0 Å². The van der Waals surface area contributed by atoms with Crippen LogP contribution in [0.5, 0.6) is 0 Å². The van der Waals surface area contributed by atoms with Gasteiger partial charge in [-0.1, -0.05) is 18.1 Å². The lowest BCUT2D eigenvalue weighted by molar-refractivity contribution is 0.221. The Morgan fingerprint density at radius 3 is 2.95 bits per heavy atom. The standard InChI is InChI=1S/C15H20N4O/c1-3-15(8-5-9-16-10-15)14-18-13(19-20-14)12-7-4-6-11(2)17-12/h4,6-7,16H,3,5,8-10H2,1-2H3. The second-order valence-electron chi connectivity index (χ2n) is 5.50. The Kier molecular flexibility index (Phi) is 3.53. The smallest absolute Gasteiger partial charge is 0.234 e. The molecule has 1 N–H and O–H groups in total. The van der Waals surface area contributed by atoms with E-state index in [1.54, 1.807) is 0 Å². The third-order valence-corrected chi connectivity index (χ3v) is 4.15. The van der Waals surface area contributed by atoms with Crippen LogP contribution in [0.3, 0.4) is 0 Å². The highest BCUT2D eigenvalue weighted by atomic mass is 16.5. The molecule has 0 saturated carbocycles. The number of hydrogen-bond donors (Lipinski definition) is 1. The summed E-state index contributed by atoms with van der Waals surface area (Å²) in [6, 6.07) is 5.84. The summed E-state index contributed by atoms with van der Waals surface area (Å²) in [5, 5.41) is 7.56. The molecule has 1 atom stereocenters. The molecule has 1 aliphatic rings. The Morgan fingerprint density at radius 2 is 2.25 bits per heavy atom. The van der Waals surface area contributed by atoms with Crippen molar-refractivity contribution in [1.29, 1.82) is 0 Å². The fourth-order valence-corrected chi connectivity index (χ4v) is 2.81. The zero-order valence-corrected chi connectivity index (χ0v) is 12.0. The van der Waals surface area contributed by atoms with Crippen LogP contribution in [-0.2, 0) is 5.41 Å². The number of pyridine rings is 1. The zero-order valence-electron chi connectivity index (χ0n) is 12.0. The third-order valence-electron chi connectivity index (χ3n) is 4.15. The van der Waals surface area contributed by atoms with Gasteiger partial charge in [-0.15, -0.1) is 0 Å². The Balaban J connectivity index is 1.93. The van der Waals surface area contributed by atoms with E-state index in [-0.39, 0.29) is 5.41 Å². The lowest BCUT2D eigenvalue weighted by atomic mass is 9.78. The van der Waals surface area contributed by atoms with E-state index in [1.807, 2.05) is 25.1 Å². The number of nitrogens with one attached hydrogen (secondary N) is 1. The minimum absolute atomic E-state index is 0.0205. The molecule has 0 spiro atoms. The van der Waals surface area contributed by atoms with Crippen molar-refractivity contribution in [2.24, 2.45) is 0 Å². The molecule has 0 bridgehead atoms. The molecule has 0 aromatic carbocycles. The van der Waals surface area contributed by atoms with Crippen molar-refractivity contribution in [3.8, 4) is 11.5 Å². The zero-order chi connectivity index (χ0) is 14.0. The molecule has 0 amide bonds. The molecule has 1 unspecified atom stereocenters. The van der Waals surface area contributed by atoms with Crippen LogP contribution in [0, 0.1) is 6.92 Å². The number of aromatic nitrogens is 3. The molecule has 20 heavy (non-hydrogen) atoms. The number of nitrogens with zero attached hydrogens (tertiary/aromatic N) is 3. The first kappa shape index (κ1) is 13.2. The second-order valence-corrected chi connectivity index (χ2v) is 5.50. The third kappa shape index (κ3) is 2.33. The van der Waals surface area contributed by atoms with E-state index in [9.17, 15) is 0 Å². The van der Waals surface area contributed by atoms with Crippen LogP contribution < -0.4 is 5.32 Å². The molecule has 1 aliphatic heterocycles. The van der Waals surface area contributed by atoms with Crippen LogP contribution >= 0.6 is 0 Å². The van der Waals surface area contributed by atoms with E-state index in [0.29, 0.717) is 5.82 Å². The summed E-state index contributed by atoms with van der Waals surface area (Å²) in [6.07, 6.45) is 3.25. The molecule has 0 aliphatic carbocycles. The SMILES string of the molecule is CCC1(c2nc(-c3cccc(C)n3)no2)CCCNC1. The largest absolute Gasteiger partial charge is 0.338 e. The maximum absolute atomic E-state index is 5.55. The van der Waals surface area contributed by atoms with Crippen molar-refractivity contribution in [1.82, 2.24) is 20.4 Å². The molecule has 2 aromatic rings. The van der Waals surface area contributed by atoms with Gasteiger partial charge >= 0.3 is 0 Å². The van der Waals surface area contributed by atoms with Gasteiger partial charge in [0.25, 0.3) is 0 Å². The quantitative estimate of drug-likeness (QED) is 0.930. The summed E-state index contributed by atoms with van der Waals surface area (Å²) < 4.78 is 5.55. The molecule has 5 heteroatoms. The van der Waals surface area contributed by atoms with Crippen LogP contribution in [0.4, 0.5) is 0 Å². The first-order chi connectivity index (χ1) is 9.73. The van der Waals surface area contributed by atoms with Crippen molar-refractivity contribution in [2.75, 3.05) is 13.1 Å². The van der Waals surface area contributed by atoms with Gasteiger partial charge in [0.15, 0.2) is 0 Å². The number of rotatable bonds is 3. The van der Waals surface area contributed by atoms with Gasteiger partial charge < -0.3 is 9.84 Å². The highest BCUT2D eigenvalue weighted by molar-refractivity contribution is 5.48. The Labute approximate surface area is 118 Å². The lowest BCUT2D eigenvalue weighted by Gasteiger charge is -2.33. The monoisotopic (exact) mass is 272 g/mol. The number of hydrogen-bond acceptors (Lipinski definition) is 5. The summed E-state index contributed by atoms with van der Waals surface area (Å²) in [4.78, 5) is 9.06. The van der Waals surface area contributed by atoms with Crippen LogP contribution in [-0.4, -0.2) is 28.2 Å². The van der Waals surface area contributed by atoms with Crippen LogP contribution in [0.1, 0.15) is 37.8 Å². The first-order valence-corrected chi connectivity index (χ1v) is 7.22. The molecule has 3 rings (SSSR count). The molecule has 1 saturated heterocycles. The van der Waals surface area contributed by atoms with Gasteiger partial charge in [0.2, 0.25) is 11.7 Å². The van der Waals surface area contributed by atoms with Crippen molar-refractivity contribution in [2.45, 2.75) is 38.5 Å². The molecule has 0 radical (unpaired) electrons. The van der Waals surface area contributed by atoms with Gasteiger partial charge in [-0.3, -0.25) is 0 Å². The predicted molar refractivity (Wildman–Crippen MR) is 76.3 cm³/mol. The first-order valence-electron chi connectivity index (χ1n) is 7.22. The minimum atomic E-state index is -0.0205. The maximum Gasteiger partial charge on any atom is 0.234 e. The molecule has 1 fully saturated rings. The normalized spacial score (nSPS) is 22.9. The fourth-order valence-electron chi connectivity index (χ4n) is 2.81. The summed E-state index contributed by atoms with van der Waals surface area (Å²) in [5.41, 5.74) is 1.71. The minimum Gasteiger partial charge on any atom is -0.338 e. The van der Waals surface area contributed by atoms with Gasteiger partial charge in [0.05, 0.1) is 5.41 Å². The highest BCUT2D eigenvalue weighted by Gasteiger charge is 2.37. The number of piperidine rings is 1. The number of aryl methyl sites for hydroxylation is 1. The van der Waals surface area contributed by atoms with E-state index < -0.39 is 0 Å². The Hall–Kier alpha value is -1.75. The molecular formula is C15H20N4O. The van der Waals surface area contributed by atoms with Gasteiger partial charge in [-0.2, -0.15) is 4.98 Å². The van der Waals surface area contributed by atoms with Gasteiger partial charge in [-0.05, 0) is 44.9 Å². The van der Waals surface area contributed by atoms with Gasteiger partial charge in [0.1, 0.15) is 5.69 Å². The second kappa shape index (κ2) is 5.32. The molecule has 3 heterocycles. The summed E-state index contributed by atoms with van der Waals surface area (Å²) >= 11 is 0. The summed E-state index contributed by atoms with van der Waals surface area (Å²) in [7, 11) is 0. The molecule has 106 valence electrons. The molecular weight excluding hydrogens is 252 g/mol. The lowest BCUT2D eigenvalue weighted by Crippen LogP contribution is -2.43. The van der Waals surface area contributed by atoms with Gasteiger partial charge in [-0.25, -0.2) is 4.98 Å². The average molecular weight is 272 g/mol. The molecule has 5 nitrogen and oxygen atoms in total. The topological polar surface area (TPSA) is 63.8 Å². The van der Waals surface area contributed by atoms with E-state index in [2.05, 4.69) is 27.4 Å². The Bertz CT molecular complexity index is 587. The summed E-state index contributed by atoms with van der Waals surface area (Å²) in [6.45, 7) is 6.12. The molecule has 2 aromatic heterocycles. The van der Waals surface area contributed by atoms with Crippen LogP contribution in [0.15, 0.2) is 22.7 Å². The maximum atomic E-state index is 5.55. The summed E-state index contributed by atoms with van der Waals surface area (Å²) in [5.74, 6) is 1.33. The van der Waals surface area contributed by atoms with Crippen LogP contribution in [0.2, 0.25) is 0 Å². The fraction of sp³-hybridized carbons (Fsp3) is 0.533. The predicted octanol–water partition coefficient (Wildman–Crippen LogP) is 2.47. The van der Waals surface area contributed by atoms with Crippen molar-refractivity contribution in [3.05, 3.63) is 29.8 Å². The van der Waals surface area contributed by atoms with Crippen molar-refractivity contribution in [3.63, 3.8) is 0 Å². The van der Waals surface area contributed by atoms with E-state index in [0.717, 1.165) is 49.6 Å².